The van der Waals surface area contributed by atoms with Crippen molar-refractivity contribution in [1.82, 2.24) is 0 Å². The summed E-state index contributed by atoms with van der Waals surface area (Å²) in [6, 6.07) is 16.0. The Hall–Kier alpha value is -2.66. The molecule has 0 N–H and O–H groups in total. The predicted molar refractivity (Wildman–Crippen MR) is 98.7 cm³/mol. The highest BCUT2D eigenvalue weighted by Crippen LogP contribution is 2.32. The van der Waals surface area contributed by atoms with E-state index in [1.54, 1.807) is 37.4 Å². The lowest BCUT2D eigenvalue weighted by molar-refractivity contribution is 0.436. The Kier molecular flexibility index (Phi) is 4.86. The van der Waals surface area contributed by atoms with Crippen LogP contribution in [0.5, 0.6) is 11.5 Å². The lowest BCUT2D eigenvalue weighted by Gasteiger charge is -2.12. The van der Waals surface area contributed by atoms with Crippen LogP contribution in [0.15, 0.2) is 68.7 Å². The topological polar surface area (TPSA) is 56.5 Å². The lowest BCUT2D eigenvalue weighted by Crippen LogP contribution is -2.06. The van der Waals surface area contributed by atoms with E-state index < -0.39 is 10.8 Å². The number of hydrogen-bond acceptors (Lipinski definition) is 4. The molecular weight excluding hydrogens is 336 g/mol. The summed E-state index contributed by atoms with van der Waals surface area (Å²) in [5.74, 6) is 1.61. The maximum atomic E-state index is 12.5. The number of benzene rings is 2. The van der Waals surface area contributed by atoms with Crippen LogP contribution >= 0.6 is 0 Å². The van der Waals surface area contributed by atoms with Crippen LogP contribution in [0.4, 0.5) is 0 Å². The Morgan fingerprint density at radius 3 is 2.32 bits per heavy atom. The van der Waals surface area contributed by atoms with Gasteiger partial charge >= 0.3 is 0 Å². The fraction of sp³-hybridized carbons (Fsp3) is 0.150. The molecule has 1 atom stereocenters. The third-order valence-corrected chi connectivity index (χ3v) is 4.72. The van der Waals surface area contributed by atoms with E-state index in [9.17, 15) is 9.00 Å². The molecule has 0 aliphatic heterocycles. The number of ether oxygens (including phenoxy) is 1. The average molecular weight is 354 g/mol. The average Bonchev–Trinajstić information content (AvgIpc) is 2.58. The van der Waals surface area contributed by atoms with Gasteiger partial charge in [0.05, 0.1) is 0 Å². The van der Waals surface area contributed by atoms with E-state index in [2.05, 4.69) is 0 Å². The minimum Gasteiger partial charge on any atom is -0.457 e. The van der Waals surface area contributed by atoms with Gasteiger partial charge in [-0.2, -0.15) is 0 Å². The van der Waals surface area contributed by atoms with Crippen LogP contribution in [0.2, 0.25) is 0 Å². The van der Waals surface area contributed by atoms with Gasteiger partial charge in [-0.1, -0.05) is 18.2 Å². The Balaban J connectivity index is 2.11. The fourth-order valence-electron chi connectivity index (χ4n) is 2.46. The second-order valence-corrected chi connectivity index (χ2v) is 7.11. The normalized spacial score (nSPS) is 12.0. The fourth-order valence-corrected chi connectivity index (χ4v) is 2.98. The largest absolute Gasteiger partial charge is 0.457 e. The summed E-state index contributed by atoms with van der Waals surface area (Å²) in [5.41, 5.74) is 1.37. The van der Waals surface area contributed by atoms with Crippen molar-refractivity contribution in [2.45, 2.75) is 18.7 Å². The predicted octanol–water partition coefficient (Wildman–Crippen LogP) is 4.45. The SMILES string of the molecule is Cc1cc(=O)c(Oc2ccccc2C)c(-c2ccc(S(C)=O)cc2)o1. The second kappa shape index (κ2) is 7.07. The van der Waals surface area contributed by atoms with Crippen LogP contribution in [0.25, 0.3) is 11.3 Å². The number of rotatable bonds is 4. The summed E-state index contributed by atoms with van der Waals surface area (Å²) >= 11 is 0. The number of hydrogen-bond donors (Lipinski definition) is 0. The molecule has 0 amide bonds. The molecule has 2 aromatic carbocycles. The van der Waals surface area contributed by atoms with E-state index >= 15 is 0 Å². The molecule has 0 aliphatic rings. The zero-order chi connectivity index (χ0) is 18.0. The highest BCUT2D eigenvalue weighted by atomic mass is 32.2. The first-order chi connectivity index (χ1) is 12.0. The minimum atomic E-state index is -1.07. The van der Waals surface area contributed by atoms with Gasteiger partial charge in [0.15, 0.2) is 5.76 Å². The number of aryl methyl sites for hydroxylation is 2. The van der Waals surface area contributed by atoms with Crippen LogP contribution in [0.1, 0.15) is 11.3 Å². The van der Waals surface area contributed by atoms with Crippen molar-refractivity contribution in [2.75, 3.05) is 6.26 Å². The molecular formula is C20H18O4S. The lowest BCUT2D eigenvalue weighted by atomic mass is 10.1. The van der Waals surface area contributed by atoms with E-state index in [4.69, 9.17) is 9.15 Å². The van der Waals surface area contributed by atoms with E-state index in [1.807, 2.05) is 31.2 Å². The first-order valence-electron chi connectivity index (χ1n) is 7.78. The van der Waals surface area contributed by atoms with Gasteiger partial charge in [-0.3, -0.25) is 9.00 Å². The summed E-state index contributed by atoms with van der Waals surface area (Å²) in [6.07, 6.45) is 1.62. The van der Waals surface area contributed by atoms with Crippen LogP contribution in [-0.2, 0) is 10.8 Å². The molecule has 0 spiro atoms. The van der Waals surface area contributed by atoms with E-state index in [0.717, 1.165) is 5.56 Å². The van der Waals surface area contributed by atoms with Crippen molar-refractivity contribution in [3.05, 3.63) is 76.1 Å². The molecule has 128 valence electrons. The van der Waals surface area contributed by atoms with Gasteiger partial charge in [0, 0.05) is 33.6 Å². The maximum Gasteiger partial charge on any atom is 0.228 e. The van der Waals surface area contributed by atoms with Gasteiger partial charge < -0.3 is 9.15 Å². The van der Waals surface area contributed by atoms with Crippen LogP contribution in [0, 0.1) is 13.8 Å². The van der Waals surface area contributed by atoms with Crippen LogP contribution in [0.3, 0.4) is 0 Å². The van der Waals surface area contributed by atoms with Crippen molar-refractivity contribution in [1.29, 1.82) is 0 Å². The van der Waals surface area contributed by atoms with Gasteiger partial charge in [-0.25, -0.2) is 0 Å². The van der Waals surface area contributed by atoms with Crippen LogP contribution < -0.4 is 10.2 Å². The van der Waals surface area contributed by atoms with Crippen molar-refractivity contribution in [2.24, 2.45) is 0 Å². The first kappa shape index (κ1) is 17.2. The molecule has 0 saturated heterocycles. The zero-order valence-electron chi connectivity index (χ0n) is 14.2. The van der Waals surface area contributed by atoms with E-state index in [1.165, 1.54) is 6.07 Å². The summed E-state index contributed by atoms with van der Waals surface area (Å²) < 4.78 is 23.2. The molecule has 0 saturated carbocycles. The van der Waals surface area contributed by atoms with Crippen molar-refractivity contribution in [3.8, 4) is 22.8 Å². The highest BCUT2D eigenvalue weighted by Gasteiger charge is 2.16. The summed E-state index contributed by atoms with van der Waals surface area (Å²) in [5, 5.41) is 0. The molecule has 0 fully saturated rings. The third kappa shape index (κ3) is 3.72. The first-order valence-corrected chi connectivity index (χ1v) is 9.33. The van der Waals surface area contributed by atoms with Gasteiger partial charge in [0.1, 0.15) is 11.5 Å². The van der Waals surface area contributed by atoms with Crippen molar-refractivity contribution < 1.29 is 13.4 Å². The summed E-state index contributed by atoms with van der Waals surface area (Å²) in [4.78, 5) is 13.2. The van der Waals surface area contributed by atoms with E-state index in [0.29, 0.717) is 27.7 Å². The molecule has 0 radical (unpaired) electrons. The monoisotopic (exact) mass is 354 g/mol. The van der Waals surface area contributed by atoms with Gasteiger partial charge in [-0.05, 0) is 49.7 Å². The highest BCUT2D eigenvalue weighted by molar-refractivity contribution is 7.84. The zero-order valence-corrected chi connectivity index (χ0v) is 15.1. The molecule has 4 nitrogen and oxygen atoms in total. The standard InChI is InChI=1S/C20H18O4S/c1-13-6-4-5-7-18(13)24-20-17(21)12-14(2)23-19(20)15-8-10-16(11-9-15)25(3)22/h4-12H,1-3H3. The molecule has 0 bridgehead atoms. The van der Waals surface area contributed by atoms with Crippen molar-refractivity contribution in [3.63, 3.8) is 0 Å². The second-order valence-electron chi connectivity index (χ2n) is 5.73. The van der Waals surface area contributed by atoms with Crippen molar-refractivity contribution >= 4 is 10.8 Å². The molecule has 1 unspecified atom stereocenters. The molecule has 3 aromatic rings. The molecule has 1 heterocycles. The molecule has 0 aliphatic carbocycles. The Morgan fingerprint density at radius 2 is 1.68 bits per heavy atom. The van der Waals surface area contributed by atoms with Gasteiger partial charge in [0.2, 0.25) is 11.2 Å². The summed E-state index contributed by atoms with van der Waals surface area (Å²) in [6.45, 7) is 3.63. The van der Waals surface area contributed by atoms with Crippen LogP contribution in [-0.4, -0.2) is 10.5 Å². The van der Waals surface area contributed by atoms with Gasteiger partial charge in [0.25, 0.3) is 0 Å². The smallest absolute Gasteiger partial charge is 0.228 e. The number of para-hydroxylation sites is 1. The third-order valence-electron chi connectivity index (χ3n) is 3.78. The Bertz CT molecular complexity index is 987. The van der Waals surface area contributed by atoms with E-state index in [-0.39, 0.29) is 11.2 Å². The molecule has 25 heavy (non-hydrogen) atoms. The quantitative estimate of drug-likeness (QED) is 0.694. The maximum absolute atomic E-state index is 12.5. The molecule has 5 heteroatoms. The molecule has 1 aromatic heterocycles. The Morgan fingerprint density at radius 1 is 1.00 bits per heavy atom. The van der Waals surface area contributed by atoms with Gasteiger partial charge in [-0.15, -0.1) is 0 Å². The minimum absolute atomic E-state index is 0.144. The Labute approximate surface area is 148 Å². The molecule has 3 rings (SSSR count). The summed E-state index contributed by atoms with van der Waals surface area (Å²) in [7, 11) is -1.07.